The number of benzene rings is 1. The van der Waals surface area contributed by atoms with Crippen LogP contribution < -0.4 is 9.47 Å². The zero-order chi connectivity index (χ0) is 32.0. The number of aliphatic hydroxyl groups is 4. The van der Waals surface area contributed by atoms with Gasteiger partial charge in [0.15, 0.2) is 23.7 Å². The highest BCUT2D eigenvalue weighted by Crippen LogP contribution is 2.36. The molecule has 0 radical (unpaired) electrons. The van der Waals surface area contributed by atoms with Gasteiger partial charge in [-0.2, -0.15) is 0 Å². The largest absolute Gasteiger partial charge is 0.463 e. The van der Waals surface area contributed by atoms with E-state index < -0.39 is 98.5 Å². The number of hydrogen-bond acceptors (Lipinski definition) is 16. The molecule has 2 saturated heterocycles. The molecule has 1 aromatic rings. The second kappa shape index (κ2) is 14.8. The molecule has 10 atom stereocenters. The van der Waals surface area contributed by atoms with Crippen LogP contribution in [0.1, 0.15) is 33.3 Å². The molecule has 2 heterocycles. The number of ether oxygens (including phenoxy) is 8. The van der Waals surface area contributed by atoms with Crippen LogP contribution in [-0.2, 0) is 47.6 Å². The molecule has 0 bridgehead atoms. The quantitative estimate of drug-likeness (QED) is 0.176. The normalized spacial score (nSPS) is 32.2. The molecule has 0 aromatic heterocycles. The Hall–Kier alpha value is -3.54. The summed E-state index contributed by atoms with van der Waals surface area (Å²) < 4.78 is 44.4. The summed E-state index contributed by atoms with van der Waals surface area (Å²) >= 11 is 0. The van der Waals surface area contributed by atoms with Gasteiger partial charge in [-0.3, -0.25) is 19.2 Å². The van der Waals surface area contributed by atoms with Crippen molar-refractivity contribution >= 4 is 23.9 Å². The third kappa shape index (κ3) is 8.75. The van der Waals surface area contributed by atoms with E-state index in [1.165, 1.54) is 12.1 Å². The highest BCUT2D eigenvalue weighted by Gasteiger charge is 2.53. The lowest BCUT2D eigenvalue weighted by Gasteiger charge is -2.44. The maximum Gasteiger partial charge on any atom is 0.303 e. The molecule has 43 heavy (non-hydrogen) atoms. The Morgan fingerprint density at radius 1 is 0.698 bits per heavy atom. The summed E-state index contributed by atoms with van der Waals surface area (Å²) in [4.78, 5) is 47.7. The Morgan fingerprint density at radius 3 is 1.84 bits per heavy atom. The van der Waals surface area contributed by atoms with Gasteiger partial charge in [-0.05, 0) is 24.6 Å². The van der Waals surface area contributed by atoms with Crippen molar-refractivity contribution in [2.75, 3.05) is 13.2 Å². The Morgan fingerprint density at radius 2 is 1.26 bits per heavy atom. The minimum absolute atomic E-state index is 0.0720. The topological polar surface area (TPSA) is 223 Å². The van der Waals surface area contributed by atoms with Crippen LogP contribution in [0.4, 0.5) is 0 Å². The highest BCUT2D eigenvalue weighted by molar-refractivity contribution is 5.68. The van der Waals surface area contributed by atoms with Gasteiger partial charge < -0.3 is 58.3 Å². The SMILES string of the molecule is CC(=O)OC[C@H]1O[C@@H](Oc2ccc(C)cc2O[C@H]2O[C@H](CO)[C@@H](O)[C@H](O)[C@@H]2O)[C@H](OC(C)=O)[C@@H](OC(C)=O)[C@@H]1OC(C)=O. The first-order valence-corrected chi connectivity index (χ1v) is 13.3. The number of hydrogen-bond donors (Lipinski definition) is 4. The molecule has 16 heteroatoms. The molecule has 0 spiro atoms. The van der Waals surface area contributed by atoms with E-state index >= 15 is 0 Å². The van der Waals surface area contributed by atoms with Crippen LogP contribution in [-0.4, -0.2) is 119 Å². The molecule has 240 valence electrons. The van der Waals surface area contributed by atoms with Crippen molar-refractivity contribution in [3.8, 4) is 11.5 Å². The lowest BCUT2D eigenvalue weighted by molar-refractivity contribution is -0.290. The molecular formula is C27H36O16. The zero-order valence-corrected chi connectivity index (χ0v) is 24.1. The van der Waals surface area contributed by atoms with E-state index in [9.17, 15) is 39.6 Å². The third-order valence-corrected chi connectivity index (χ3v) is 6.38. The molecule has 0 unspecified atom stereocenters. The van der Waals surface area contributed by atoms with E-state index in [2.05, 4.69) is 0 Å². The van der Waals surface area contributed by atoms with Crippen molar-refractivity contribution in [1.29, 1.82) is 0 Å². The summed E-state index contributed by atoms with van der Waals surface area (Å²) in [6.45, 7) is 4.93. The lowest BCUT2D eigenvalue weighted by atomic mass is 9.98. The van der Waals surface area contributed by atoms with E-state index in [1.807, 2.05) is 0 Å². The fraction of sp³-hybridized carbons (Fsp3) is 0.630. The van der Waals surface area contributed by atoms with Crippen LogP contribution in [0.5, 0.6) is 11.5 Å². The predicted octanol–water partition coefficient (Wildman–Crippen LogP) is -1.36. The van der Waals surface area contributed by atoms with Gasteiger partial charge >= 0.3 is 23.9 Å². The highest BCUT2D eigenvalue weighted by atomic mass is 16.7. The van der Waals surface area contributed by atoms with E-state index in [0.29, 0.717) is 5.56 Å². The smallest absolute Gasteiger partial charge is 0.303 e. The Kier molecular flexibility index (Phi) is 11.7. The lowest BCUT2D eigenvalue weighted by Crippen LogP contribution is -2.63. The van der Waals surface area contributed by atoms with Crippen molar-refractivity contribution in [2.45, 2.75) is 96.0 Å². The first-order chi connectivity index (χ1) is 20.2. The number of rotatable bonds is 10. The van der Waals surface area contributed by atoms with Gasteiger partial charge in [0.1, 0.15) is 37.1 Å². The molecular weight excluding hydrogens is 580 g/mol. The van der Waals surface area contributed by atoms with E-state index in [0.717, 1.165) is 27.7 Å². The van der Waals surface area contributed by atoms with Gasteiger partial charge in [-0.15, -0.1) is 0 Å². The predicted molar refractivity (Wildman–Crippen MR) is 138 cm³/mol. The molecule has 3 rings (SSSR count). The summed E-state index contributed by atoms with van der Waals surface area (Å²) in [6, 6.07) is 4.52. The van der Waals surface area contributed by atoms with E-state index in [4.69, 9.17) is 37.9 Å². The summed E-state index contributed by atoms with van der Waals surface area (Å²) in [5.74, 6) is -3.30. The van der Waals surface area contributed by atoms with Crippen molar-refractivity contribution in [3.63, 3.8) is 0 Å². The van der Waals surface area contributed by atoms with E-state index in [1.54, 1.807) is 13.0 Å². The number of carbonyl (C=O) groups excluding carboxylic acids is 4. The number of carbonyl (C=O) groups is 4. The van der Waals surface area contributed by atoms with Crippen LogP contribution >= 0.6 is 0 Å². The second-order valence-corrected chi connectivity index (χ2v) is 9.95. The molecule has 2 aliphatic rings. The van der Waals surface area contributed by atoms with Crippen molar-refractivity contribution < 1.29 is 77.5 Å². The number of esters is 4. The molecule has 0 saturated carbocycles. The fourth-order valence-corrected chi connectivity index (χ4v) is 4.50. The van der Waals surface area contributed by atoms with E-state index in [-0.39, 0.29) is 11.5 Å². The first kappa shape index (κ1) is 34.0. The molecule has 1 aromatic carbocycles. The molecule has 4 N–H and O–H groups in total. The van der Waals surface area contributed by atoms with Gasteiger partial charge in [0.25, 0.3) is 0 Å². The number of aliphatic hydroxyl groups excluding tert-OH is 4. The van der Waals surface area contributed by atoms with Crippen molar-refractivity contribution in [1.82, 2.24) is 0 Å². The number of aryl methyl sites for hydroxylation is 1. The van der Waals surface area contributed by atoms with Crippen LogP contribution in [0.3, 0.4) is 0 Å². The molecule has 0 amide bonds. The van der Waals surface area contributed by atoms with Crippen LogP contribution in [0.15, 0.2) is 18.2 Å². The zero-order valence-electron chi connectivity index (χ0n) is 24.1. The maximum atomic E-state index is 12.1. The monoisotopic (exact) mass is 616 g/mol. The second-order valence-electron chi connectivity index (χ2n) is 9.95. The standard InChI is InChI=1S/C27H36O16/c1-11-6-7-16(17(8-11)41-26-22(35)21(34)20(33)18(9-28)42-26)40-27-25(39-15(5)32)24(38-14(4)31)23(37-13(3)30)19(43-27)10-36-12(2)29/h6-8,18-28,33-35H,9-10H2,1-5H3/t18-,19-,20-,21+,22+,23-,24+,25-,26+,27-/m1/s1. The first-order valence-electron chi connectivity index (χ1n) is 13.3. The van der Waals surface area contributed by atoms with Gasteiger partial charge in [-0.1, -0.05) is 6.07 Å². The van der Waals surface area contributed by atoms with Gasteiger partial charge in [-0.25, -0.2) is 0 Å². The Balaban J connectivity index is 2.00. The Labute approximate surface area is 246 Å². The van der Waals surface area contributed by atoms with Crippen LogP contribution in [0.2, 0.25) is 0 Å². The molecule has 16 nitrogen and oxygen atoms in total. The van der Waals surface area contributed by atoms with Crippen LogP contribution in [0, 0.1) is 6.92 Å². The Bertz CT molecular complexity index is 1150. The average Bonchev–Trinajstić information content (AvgIpc) is 2.91. The maximum absolute atomic E-state index is 12.1. The van der Waals surface area contributed by atoms with Crippen molar-refractivity contribution in [2.24, 2.45) is 0 Å². The summed E-state index contributed by atoms with van der Waals surface area (Å²) in [6.07, 6.45) is -15.2. The average molecular weight is 617 g/mol. The van der Waals surface area contributed by atoms with Crippen molar-refractivity contribution in [3.05, 3.63) is 23.8 Å². The van der Waals surface area contributed by atoms with Gasteiger partial charge in [0, 0.05) is 27.7 Å². The summed E-state index contributed by atoms with van der Waals surface area (Å²) in [5, 5.41) is 40.3. The fourth-order valence-electron chi connectivity index (χ4n) is 4.50. The summed E-state index contributed by atoms with van der Waals surface area (Å²) in [7, 11) is 0. The minimum Gasteiger partial charge on any atom is -0.463 e. The minimum atomic E-state index is -1.74. The molecule has 2 aliphatic heterocycles. The molecule has 2 fully saturated rings. The molecule has 0 aliphatic carbocycles. The van der Waals surface area contributed by atoms with Gasteiger partial charge in [0.05, 0.1) is 6.61 Å². The third-order valence-electron chi connectivity index (χ3n) is 6.38. The summed E-state index contributed by atoms with van der Waals surface area (Å²) in [5.41, 5.74) is 0.647. The van der Waals surface area contributed by atoms with Gasteiger partial charge in [0.2, 0.25) is 18.7 Å². The van der Waals surface area contributed by atoms with Crippen LogP contribution in [0.25, 0.3) is 0 Å².